The second-order valence-corrected chi connectivity index (χ2v) is 5.21. The van der Waals surface area contributed by atoms with Crippen LogP contribution in [-0.4, -0.2) is 20.1 Å². The van der Waals surface area contributed by atoms with Gasteiger partial charge in [-0.1, -0.05) is 0 Å². The fraction of sp³-hybridized carbons (Fsp3) is 1.00. The monoisotopic (exact) mass is 195 g/mol. The predicted octanol–water partition coefficient (Wildman–Crippen LogP) is -0.486. The Bertz CT molecular complexity index is 228. The molecule has 12 heavy (non-hydrogen) atoms. The van der Waals surface area contributed by atoms with Crippen LogP contribution in [0.5, 0.6) is 0 Å². The molecule has 0 saturated heterocycles. The van der Waals surface area contributed by atoms with Gasteiger partial charge in [0.2, 0.25) is 0 Å². The van der Waals surface area contributed by atoms with Crippen LogP contribution in [-0.2, 0) is 10.2 Å². The number of nitrogens with two attached hydrogens (primary N) is 1. The Labute approximate surface area is 73.9 Å². The van der Waals surface area contributed by atoms with Gasteiger partial charge >= 0.3 is 0 Å². The fourth-order valence-corrected chi connectivity index (χ4v) is 2.03. The summed E-state index contributed by atoms with van der Waals surface area (Å²) in [5.74, 6) is 0. The van der Waals surface area contributed by atoms with E-state index in [9.17, 15) is 8.42 Å². The Kier molecular flexibility index (Phi) is 3.64. The van der Waals surface area contributed by atoms with Crippen LogP contribution in [0.4, 0.5) is 0 Å². The molecule has 0 aromatic carbocycles. The van der Waals surface area contributed by atoms with Gasteiger partial charge in [0.1, 0.15) is 0 Å². The molecule has 0 amide bonds. The van der Waals surface area contributed by atoms with E-state index in [1.165, 1.54) is 0 Å². The topological polar surface area (TPSA) is 84.2 Å². The van der Waals surface area contributed by atoms with E-state index in [1.54, 1.807) is 27.7 Å². The SMILES string of the molecule is CC(N)NS(=O)(=O)NC(C)(C)C. The molecule has 0 heterocycles. The largest absolute Gasteiger partial charge is 0.315 e. The summed E-state index contributed by atoms with van der Waals surface area (Å²) >= 11 is 0. The highest BCUT2D eigenvalue weighted by molar-refractivity contribution is 7.87. The maximum absolute atomic E-state index is 11.2. The first-order chi connectivity index (χ1) is 5.12. The van der Waals surface area contributed by atoms with Crippen molar-refractivity contribution in [3.05, 3.63) is 0 Å². The third-order valence-electron chi connectivity index (χ3n) is 0.782. The molecule has 1 unspecified atom stereocenters. The molecule has 0 radical (unpaired) electrons. The number of hydrogen-bond acceptors (Lipinski definition) is 3. The molecule has 1 atom stereocenters. The molecule has 0 aromatic heterocycles. The highest BCUT2D eigenvalue weighted by atomic mass is 32.2. The Balaban J connectivity index is 4.26. The summed E-state index contributed by atoms with van der Waals surface area (Å²) in [6.07, 6.45) is -0.579. The van der Waals surface area contributed by atoms with Crippen LogP contribution < -0.4 is 15.2 Å². The van der Waals surface area contributed by atoms with E-state index in [1.807, 2.05) is 0 Å². The van der Waals surface area contributed by atoms with Crippen molar-refractivity contribution in [2.45, 2.75) is 39.4 Å². The third-order valence-corrected chi connectivity index (χ3v) is 2.34. The first-order valence-corrected chi connectivity index (χ1v) is 5.17. The lowest BCUT2D eigenvalue weighted by atomic mass is 10.1. The Morgan fingerprint density at radius 3 is 2.00 bits per heavy atom. The minimum Gasteiger partial charge on any atom is -0.315 e. The summed E-state index contributed by atoms with van der Waals surface area (Å²) in [6.45, 7) is 6.83. The van der Waals surface area contributed by atoms with Crippen LogP contribution in [0, 0.1) is 0 Å². The van der Waals surface area contributed by atoms with E-state index in [0.29, 0.717) is 0 Å². The summed E-state index contributed by atoms with van der Waals surface area (Å²) < 4.78 is 26.9. The van der Waals surface area contributed by atoms with Crippen LogP contribution >= 0.6 is 0 Å². The third kappa shape index (κ3) is 6.53. The molecule has 74 valence electrons. The first-order valence-electron chi connectivity index (χ1n) is 3.69. The van der Waals surface area contributed by atoms with Gasteiger partial charge in [-0.3, -0.25) is 0 Å². The van der Waals surface area contributed by atoms with E-state index < -0.39 is 21.9 Å². The van der Waals surface area contributed by atoms with E-state index in [-0.39, 0.29) is 0 Å². The van der Waals surface area contributed by atoms with Crippen molar-refractivity contribution in [2.75, 3.05) is 0 Å². The Hall–Kier alpha value is -0.170. The molecule has 0 aliphatic rings. The lowest BCUT2D eigenvalue weighted by molar-refractivity contribution is 0.478. The zero-order chi connectivity index (χ0) is 9.99. The highest BCUT2D eigenvalue weighted by Gasteiger charge is 2.19. The number of nitrogens with one attached hydrogen (secondary N) is 2. The van der Waals surface area contributed by atoms with E-state index >= 15 is 0 Å². The molecule has 5 nitrogen and oxygen atoms in total. The van der Waals surface area contributed by atoms with Crippen molar-refractivity contribution in [1.82, 2.24) is 9.44 Å². The standard InChI is InChI=1S/C6H17N3O2S/c1-5(7)8-12(10,11)9-6(2,3)4/h5,8-9H,7H2,1-4H3. The maximum atomic E-state index is 11.2. The van der Waals surface area contributed by atoms with Gasteiger partial charge in [-0.15, -0.1) is 0 Å². The quantitative estimate of drug-likeness (QED) is 0.531. The van der Waals surface area contributed by atoms with E-state index in [0.717, 1.165) is 0 Å². The van der Waals surface area contributed by atoms with Gasteiger partial charge in [-0.25, -0.2) is 0 Å². The molecule has 0 rings (SSSR count). The molecule has 0 aromatic rings. The summed E-state index contributed by atoms with van der Waals surface area (Å²) in [5, 5.41) is 0. The molecule has 4 N–H and O–H groups in total. The van der Waals surface area contributed by atoms with E-state index in [4.69, 9.17) is 5.73 Å². The van der Waals surface area contributed by atoms with Crippen LogP contribution in [0.3, 0.4) is 0 Å². The second kappa shape index (κ2) is 3.69. The first kappa shape index (κ1) is 11.8. The van der Waals surface area contributed by atoms with Gasteiger partial charge in [0.15, 0.2) is 0 Å². The minimum absolute atomic E-state index is 0.485. The zero-order valence-electron chi connectivity index (χ0n) is 7.88. The number of rotatable bonds is 3. The van der Waals surface area contributed by atoms with Gasteiger partial charge in [0, 0.05) is 5.54 Å². The molecule has 0 bridgehead atoms. The molecule has 0 fully saturated rings. The Morgan fingerprint density at radius 2 is 1.75 bits per heavy atom. The normalized spacial score (nSPS) is 16.1. The van der Waals surface area contributed by atoms with Gasteiger partial charge in [0.05, 0.1) is 6.17 Å². The lowest BCUT2D eigenvalue weighted by Gasteiger charge is -2.21. The van der Waals surface area contributed by atoms with Crippen molar-refractivity contribution < 1.29 is 8.42 Å². The highest BCUT2D eigenvalue weighted by Crippen LogP contribution is 2.00. The summed E-state index contributed by atoms with van der Waals surface area (Å²) in [4.78, 5) is 0. The van der Waals surface area contributed by atoms with Crippen LogP contribution in [0.15, 0.2) is 0 Å². The second-order valence-electron chi connectivity index (χ2n) is 3.76. The molecule has 6 heteroatoms. The van der Waals surface area contributed by atoms with Crippen molar-refractivity contribution in [3.8, 4) is 0 Å². The lowest BCUT2D eigenvalue weighted by Crippen LogP contribution is -2.51. The van der Waals surface area contributed by atoms with Gasteiger partial charge in [0.25, 0.3) is 10.2 Å². The van der Waals surface area contributed by atoms with Crippen LogP contribution in [0.1, 0.15) is 27.7 Å². The average molecular weight is 195 g/mol. The zero-order valence-corrected chi connectivity index (χ0v) is 8.70. The predicted molar refractivity (Wildman–Crippen MR) is 48.6 cm³/mol. The average Bonchev–Trinajstić information content (AvgIpc) is 1.48. The molecule has 0 aliphatic carbocycles. The van der Waals surface area contributed by atoms with Crippen molar-refractivity contribution in [1.29, 1.82) is 0 Å². The maximum Gasteiger partial charge on any atom is 0.278 e. The van der Waals surface area contributed by atoms with Crippen molar-refractivity contribution in [3.63, 3.8) is 0 Å². The fourth-order valence-electron chi connectivity index (χ4n) is 0.677. The summed E-state index contributed by atoms with van der Waals surface area (Å²) in [6, 6.07) is 0. The van der Waals surface area contributed by atoms with Gasteiger partial charge < -0.3 is 5.73 Å². The van der Waals surface area contributed by atoms with Crippen LogP contribution in [0.25, 0.3) is 0 Å². The molecular weight excluding hydrogens is 178 g/mol. The minimum atomic E-state index is -3.46. The van der Waals surface area contributed by atoms with Gasteiger partial charge in [-0.2, -0.15) is 17.9 Å². The molecule has 0 spiro atoms. The Morgan fingerprint density at radius 1 is 1.33 bits per heavy atom. The molecular formula is C6H17N3O2S. The van der Waals surface area contributed by atoms with Crippen LogP contribution in [0.2, 0.25) is 0 Å². The van der Waals surface area contributed by atoms with Crippen molar-refractivity contribution >= 4 is 10.2 Å². The van der Waals surface area contributed by atoms with Gasteiger partial charge in [-0.05, 0) is 27.7 Å². The summed E-state index contributed by atoms with van der Waals surface area (Å²) in [7, 11) is -3.46. The summed E-state index contributed by atoms with van der Waals surface area (Å²) in [5.41, 5.74) is 4.78. The van der Waals surface area contributed by atoms with E-state index in [2.05, 4.69) is 9.44 Å². The van der Waals surface area contributed by atoms with Crippen molar-refractivity contribution in [2.24, 2.45) is 5.73 Å². The molecule has 0 aliphatic heterocycles. The smallest absolute Gasteiger partial charge is 0.278 e. The number of hydrogen-bond donors (Lipinski definition) is 3. The molecule has 0 saturated carbocycles.